The molecule has 0 heterocycles. The van der Waals surface area contributed by atoms with Gasteiger partial charge in [0.25, 0.3) is 11.6 Å². The molecule has 0 radical (unpaired) electrons. The first-order chi connectivity index (χ1) is 12.5. The third-order valence-electron chi connectivity index (χ3n) is 3.45. The van der Waals surface area contributed by atoms with Gasteiger partial charge in [0.15, 0.2) is 0 Å². The van der Waals surface area contributed by atoms with Crippen molar-refractivity contribution >= 4 is 29.0 Å². The molecule has 3 aromatic rings. The van der Waals surface area contributed by atoms with E-state index in [-0.39, 0.29) is 11.3 Å². The first-order valence-corrected chi connectivity index (χ1v) is 8.42. The second kappa shape index (κ2) is 7.79. The predicted molar refractivity (Wildman–Crippen MR) is 98.0 cm³/mol. The van der Waals surface area contributed by atoms with Gasteiger partial charge in [0.05, 0.1) is 4.92 Å². The average Bonchev–Trinajstić information content (AvgIpc) is 2.63. The lowest BCUT2D eigenvalue weighted by molar-refractivity contribution is -0.385. The van der Waals surface area contributed by atoms with E-state index in [1.54, 1.807) is 6.07 Å². The number of carbonyl (C=O) groups excluding carboxylic acids is 1. The maximum Gasteiger partial charge on any atom is 0.272 e. The molecule has 0 saturated carbocycles. The van der Waals surface area contributed by atoms with E-state index >= 15 is 0 Å². The van der Waals surface area contributed by atoms with Crippen molar-refractivity contribution in [2.75, 3.05) is 5.32 Å². The van der Waals surface area contributed by atoms with Crippen LogP contribution in [0.4, 0.5) is 15.8 Å². The number of non-ortho nitro benzene ring substituents is 1. The number of nitro groups is 1. The second-order valence-electron chi connectivity index (χ2n) is 5.35. The van der Waals surface area contributed by atoms with Crippen molar-refractivity contribution in [2.45, 2.75) is 9.79 Å². The Labute approximate surface area is 153 Å². The smallest absolute Gasteiger partial charge is 0.272 e. The van der Waals surface area contributed by atoms with Crippen molar-refractivity contribution in [3.05, 3.63) is 94.3 Å². The summed E-state index contributed by atoms with van der Waals surface area (Å²) in [6, 6.07) is 18.9. The van der Waals surface area contributed by atoms with Crippen LogP contribution in [-0.2, 0) is 0 Å². The fraction of sp³-hybridized carbons (Fsp3) is 0. The Kier molecular flexibility index (Phi) is 5.28. The van der Waals surface area contributed by atoms with Gasteiger partial charge in [0.1, 0.15) is 5.82 Å². The largest absolute Gasteiger partial charge is 0.322 e. The van der Waals surface area contributed by atoms with Crippen LogP contribution < -0.4 is 5.32 Å². The molecule has 7 heteroatoms. The van der Waals surface area contributed by atoms with Gasteiger partial charge in [-0.05, 0) is 42.5 Å². The van der Waals surface area contributed by atoms with Crippen molar-refractivity contribution < 1.29 is 14.1 Å². The minimum Gasteiger partial charge on any atom is -0.322 e. The van der Waals surface area contributed by atoms with Gasteiger partial charge < -0.3 is 5.32 Å². The summed E-state index contributed by atoms with van der Waals surface area (Å²) in [6.45, 7) is 0. The molecule has 3 aromatic carbocycles. The lowest BCUT2D eigenvalue weighted by atomic mass is 10.2. The van der Waals surface area contributed by atoms with Crippen LogP contribution in [0.1, 0.15) is 10.4 Å². The molecule has 0 atom stereocenters. The fourth-order valence-corrected chi connectivity index (χ4v) is 3.18. The quantitative estimate of drug-likeness (QED) is 0.500. The third-order valence-corrected chi connectivity index (χ3v) is 4.42. The van der Waals surface area contributed by atoms with Crippen molar-refractivity contribution in [3.63, 3.8) is 0 Å². The highest BCUT2D eigenvalue weighted by molar-refractivity contribution is 7.99. The molecule has 0 aliphatic carbocycles. The fourth-order valence-electron chi connectivity index (χ4n) is 2.25. The number of rotatable bonds is 5. The standard InChI is InChI=1S/C19H13FN2O3S/c20-14-8-6-13(7-9-14)19(23)21-15-10-16(22(24)25)12-18(11-15)26-17-4-2-1-3-5-17/h1-12H,(H,21,23). The Morgan fingerprint density at radius 3 is 2.31 bits per heavy atom. The molecule has 0 aliphatic heterocycles. The average molecular weight is 368 g/mol. The van der Waals surface area contributed by atoms with Gasteiger partial charge in [0.2, 0.25) is 0 Å². The number of amides is 1. The first kappa shape index (κ1) is 17.6. The number of nitro benzene ring substituents is 1. The maximum absolute atomic E-state index is 13.0. The number of carbonyl (C=O) groups is 1. The molecule has 0 saturated heterocycles. The van der Waals surface area contributed by atoms with Crippen molar-refractivity contribution in [3.8, 4) is 0 Å². The molecule has 26 heavy (non-hydrogen) atoms. The number of hydrogen-bond donors (Lipinski definition) is 1. The molecule has 3 rings (SSSR count). The number of nitrogens with one attached hydrogen (secondary N) is 1. The lowest BCUT2D eigenvalue weighted by Crippen LogP contribution is -2.12. The summed E-state index contributed by atoms with van der Waals surface area (Å²) >= 11 is 1.35. The van der Waals surface area contributed by atoms with Crippen LogP contribution >= 0.6 is 11.8 Å². The minimum absolute atomic E-state index is 0.125. The predicted octanol–water partition coefficient (Wildman–Crippen LogP) is 5.14. The number of nitrogens with zero attached hydrogens (tertiary/aromatic N) is 1. The van der Waals surface area contributed by atoms with E-state index in [2.05, 4.69) is 5.32 Å². The summed E-state index contributed by atoms with van der Waals surface area (Å²) in [5, 5.41) is 13.8. The van der Waals surface area contributed by atoms with E-state index in [0.29, 0.717) is 10.6 Å². The van der Waals surface area contributed by atoms with Crippen LogP contribution in [0.2, 0.25) is 0 Å². The van der Waals surface area contributed by atoms with Crippen molar-refractivity contribution in [1.82, 2.24) is 0 Å². The van der Waals surface area contributed by atoms with Gasteiger partial charge in [0, 0.05) is 33.2 Å². The van der Waals surface area contributed by atoms with E-state index in [1.165, 1.54) is 48.2 Å². The third kappa shape index (κ3) is 4.46. The molecule has 0 spiro atoms. The summed E-state index contributed by atoms with van der Waals surface area (Å²) in [7, 11) is 0. The van der Waals surface area contributed by atoms with Gasteiger partial charge >= 0.3 is 0 Å². The molecular formula is C19H13FN2O3S. The zero-order chi connectivity index (χ0) is 18.5. The normalized spacial score (nSPS) is 10.3. The van der Waals surface area contributed by atoms with Crippen LogP contribution in [0.5, 0.6) is 0 Å². The number of benzene rings is 3. The van der Waals surface area contributed by atoms with Gasteiger partial charge in [-0.15, -0.1) is 0 Å². The summed E-state index contributed by atoms with van der Waals surface area (Å²) < 4.78 is 13.0. The first-order valence-electron chi connectivity index (χ1n) is 7.60. The van der Waals surface area contributed by atoms with Crippen LogP contribution in [0.3, 0.4) is 0 Å². The van der Waals surface area contributed by atoms with Crippen LogP contribution in [0.15, 0.2) is 82.6 Å². The Bertz CT molecular complexity index is 947. The highest BCUT2D eigenvalue weighted by atomic mass is 32.2. The van der Waals surface area contributed by atoms with Crippen LogP contribution in [-0.4, -0.2) is 10.8 Å². The van der Waals surface area contributed by atoms with Gasteiger partial charge in [-0.3, -0.25) is 14.9 Å². The van der Waals surface area contributed by atoms with E-state index < -0.39 is 16.6 Å². The molecule has 0 aromatic heterocycles. The van der Waals surface area contributed by atoms with Crippen molar-refractivity contribution in [1.29, 1.82) is 0 Å². The number of anilines is 1. The topological polar surface area (TPSA) is 72.2 Å². The number of hydrogen-bond acceptors (Lipinski definition) is 4. The zero-order valence-corrected chi connectivity index (χ0v) is 14.2. The molecule has 0 bridgehead atoms. The van der Waals surface area contributed by atoms with Crippen molar-refractivity contribution in [2.24, 2.45) is 0 Å². The maximum atomic E-state index is 13.0. The molecular weight excluding hydrogens is 355 g/mol. The SMILES string of the molecule is O=C(Nc1cc(Sc2ccccc2)cc([N+](=O)[O-])c1)c1ccc(F)cc1. The van der Waals surface area contributed by atoms with E-state index in [0.717, 1.165) is 4.90 Å². The molecule has 0 unspecified atom stereocenters. The Morgan fingerprint density at radius 1 is 0.962 bits per heavy atom. The minimum atomic E-state index is -0.511. The molecule has 1 N–H and O–H groups in total. The monoisotopic (exact) mass is 368 g/mol. The van der Waals surface area contributed by atoms with Crippen LogP contribution in [0.25, 0.3) is 0 Å². The number of halogens is 1. The van der Waals surface area contributed by atoms with Crippen LogP contribution in [0, 0.1) is 15.9 Å². The lowest BCUT2D eigenvalue weighted by Gasteiger charge is -2.08. The Balaban J connectivity index is 1.87. The second-order valence-corrected chi connectivity index (χ2v) is 6.50. The molecule has 1 amide bonds. The highest BCUT2D eigenvalue weighted by Crippen LogP contribution is 2.33. The Hall–Kier alpha value is -3.19. The molecule has 0 fully saturated rings. The van der Waals surface area contributed by atoms with Gasteiger partial charge in [-0.1, -0.05) is 30.0 Å². The zero-order valence-electron chi connectivity index (χ0n) is 13.4. The highest BCUT2D eigenvalue weighted by Gasteiger charge is 2.13. The molecule has 0 aliphatic rings. The molecule has 5 nitrogen and oxygen atoms in total. The summed E-state index contributed by atoms with van der Waals surface area (Å²) in [4.78, 5) is 24.5. The van der Waals surface area contributed by atoms with E-state index in [4.69, 9.17) is 0 Å². The summed E-state index contributed by atoms with van der Waals surface area (Å²) in [5.41, 5.74) is 0.433. The Morgan fingerprint density at radius 2 is 1.65 bits per heavy atom. The summed E-state index contributed by atoms with van der Waals surface area (Å²) in [5.74, 6) is -0.917. The van der Waals surface area contributed by atoms with E-state index in [1.807, 2.05) is 30.3 Å². The van der Waals surface area contributed by atoms with E-state index in [9.17, 15) is 19.3 Å². The summed E-state index contributed by atoms with van der Waals surface area (Å²) in [6.07, 6.45) is 0. The molecule has 130 valence electrons. The van der Waals surface area contributed by atoms with Gasteiger partial charge in [-0.25, -0.2) is 4.39 Å². The van der Waals surface area contributed by atoms with Gasteiger partial charge in [-0.2, -0.15) is 0 Å².